The van der Waals surface area contributed by atoms with Crippen molar-refractivity contribution in [2.45, 2.75) is 208 Å². The molecule has 1 aliphatic heterocycles. The molecule has 0 aliphatic carbocycles. The Labute approximate surface area is 555 Å². The predicted molar refractivity (Wildman–Crippen MR) is 360 cm³/mol. The van der Waals surface area contributed by atoms with E-state index in [-0.39, 0.29) is 111 Å². The molecular weight excluding hydrogens is 1210 g/mol. The Bertz CT molecular complexity index is 2890. The molecule has 1 saturated heterocycles. The number of anilines is 1. The summed E-state index contributed by atoms with van der Waals surface area (Å²) in [7, 11) is 4.81. The summed E-state index contributed by atoms with van der Waals surface area (Å²) in [6.07, 6.45) is 4.40. The van der Waals surface area contributed by atoms with Crippen LogP contribution in [0.2, 0.25) is 0 Å². The predicted octanol–water partition coefficient (Wildman–Crippen LogP) is 9.11. The molecule has 516 valence electrons. The summed E-state index contributed by atoms with van der Waals surface area (Å²) in [5, 5.41) is 13.7. The van der Waals surface area contributed by atoms with Crippen LogP contribution < -0.4 is 32.7 Å². The van der Waals surface area contributed by atoms with Crippen molar-refractivity contribution in [3.8, 4) is 0 Å². The monoisotopic (exact) mass is 1310 g/mol. The lowest BCUT2D eigenvalue weighted by Crippen LogP contribution is -2.55. The zero-order valence-corrected chi connectivity index (χ0v) is 58.1. The lowest BCUT2D eigenvalue weighted by molar-refractivity contribution is -0.149. The molecule has 1 aromatic heterocycles. The minimum absolute atomic E-state index is 0.0252. The van der Waals surface area contributed by atoms with Crippen molar-refractivity contribution in [1.82, 2.24) is 30.7 Å². The number of benzene rings is 2. The molecule has 7 amide bonds. The van der Waals surface area contributed by atoms with Gasteiger partial charge in [0.05, 0.1) is 47.3 Å². The third-order valence-electron chi connectivity index (χ3n) is 18.2. The van der Waals surface area contributed by atoms with Gasteiger partial charge in [0.25, 0.3) is 0 Å². The van der Waals surface area contributed by atoms with E-state index in [1.165, 1.54) is 25.4 Å². The molecule has 1 fully saturated rings. The number of unbranched alkanes of at least 4 members (excludes halogenated alkanes) is 1. The van der Waals surface area contributed by atoms with Crippen LogP contribution in [0.4, 0.5) is 15.3 Å². The Morgan fingerprint density at radius 1 is 0.796 bits per heavy atom. The summed E-state index contributed by atoms with van der Waals surface area (Å²) in [6, 6.07) is 13.9. The van der Waals surface area contributed by atoms with Gasteiger partial charge in [0.1, 0.15) is 18.2 Å². The number of alkyl carbamates (subject to hydrolysis) is 1. The maximum atomic E-state index is 14.8. The Hall–Kier alpha value is -6.95. The number of carbonyl (C=O) groups excluding carboxylic acids is 10. The summed E-state index contributed by atoms with van der Waals surface area (Å²) in [5.74, 6) is -5.96. The Morgan fingerprint density at radius 2 is 1.46 bits per heavy atom. The molecular formula is C70H107N9O13S. The van der Waals surface area contributed by atoms with Crippen molar-refractivity contribution in [3.63, 3.8) is 0 Å². The number of carbonyl (C=O) groups is 10. The maximum Gasteiger partial charge on any atom is 0.408 e. The van der Waals surface area contributed by atoms with Crippen molar-refractivity contribution in [2.75, 3.05) is 46.2 Å². The summed E-state index contributed by atoms with van der Waals surface area (Å²) in [6.45, 7) is 18.6. The number of hydrogen-bond donors (Lipinski definition) is 6. The molecule has 23 heteroatoms. The van der Waals surface area contributed by atoms with E-state index < -0.39 is 83.2 Å². The van der Waals surface area contributed by atoms with Gasteiger partial charge in [-0.1, -0.05) is 104 Å². The molecule has 0 unspecified atom stereocenters. The molecule has 3 aromatic rings. The van der Waals surface area contributed by atoms with Crippen LogP contribution in [0.3, 0.4) is 0 Å². The zero-order valence-electron chi connectivity index (χ0n) is 57.3. The van der Waals surface area contributed by atoms with Crippen LogP contribution >= 0.6 is 11.3 Å². The molecule has 8 N–H and O–H groups in total. The van der Waals surface area contributed by atoms with Crippen molar-refractivity contribution in [3.05, 3.63) is 82.3 Å². The van der Waals surface area contributed by atoms with Crippen molar-refractivity contribution in [2.24, 2.45) is 52.9 Å². The van der Waals surface area contributed by atoms with Crippen LogP contribution in [-0.2, 0) is 65.6 Å². The lowest BCUT2D eigenvalue weighted by Gasteiger charge is -2.41. The second kappa shape index (κ2) is 39.0. The van der Waals surface area contributed by atoms with Gasteiger partial charge in [-0.3, -0.25) is 33.6 Å². The number of likely N-dealkylation sites (N-methyl/N-ethyl adjacent to an activating group) is 1. The first-order valence-electron chi connectivity index (χ1n) is 33.1. The van der Waals surface area contributed by atoms with Gasteiger partial charge in [-0.05, 0) is 113 Å². The average Bonchev–Trinajstić information content (AvgIpc) is 2.61. The first-order chi connectivity index (χ1) is 44.1. The molecule has 11 atom stereocenters. The molecule has 93 heavy (non-hydrogen) atoms. The molecule has 0 radical (unpaired) electrons. The van der Waals surface area contributed by atoms with Crippen LogP contribution in [0.1, 0.15) is 175 Å². The number of ketones is 4. The van der Waals surface area contributed by atoms with E-state index in [4.69, 9.17) is 25.7 Å². The van der Waals surface area contributed by atoms with Gasteiger partial charge in [0.15, 0.2) is 11.6 Å². The fourth-order valence-corrected chi connectivity index (χ4v) is 13.2. The fraction of sp³-hybridized carbons (Fsp3) is 0.643. The number of nitrogens with zero attached hydrogens (tertiary/aromatic N) is 3. The van der Waals surface area contributed by atoms with E-state index in [1.54, 1.807) is 77.2 Å². The molecule has 2 aromatic carbocycles. The van der Waals surface area contributed by atoms with Gasteiger partial charge in [-0.2, -0.15) is 0 Å². The number of primary amides is 1. The molecule has 1 aliphatic rings. The summed E-state index contributed by atoms with van der Waals surface area (Å²) >= 11 is 1.54. The van der Waals surface area contributed by atoms with E-state index in [0.717, 1.165) is 17.0 Å². The zero-order chi connectivity index (χ0) is 69.1. The van der Waals surface area contributed by atoms with Crippen LogP contribution in [-0.4, -0.2) is 150 Å². The fourth-order valence-electron chi connectivity index (χ4n) is 12.5. The number of hydrogen-bond acceptors (Lipinski definition) is 16. The second-order valence-corrected chi connectivity index (χ2v) is 27.4. The smallest absolute Gasteiger partial charge is 0.408 e. The number of methoxy groups -OCH3 is 2. The first kappa shape index (κ1) is 78.5. The Kier molecular flexibility index (Phi) is 33.0. The topological polar surface area (TPSA) is 318 Å². The Morgan fingerprint density at radius 3 is 2.04 bits per heavy atom. The molecule has 0 saturated carbocycles. The number of nitrogens with one attached hydrogen (secondary N) is 4. The van der Waals surface area contributed by atoms with Gasteiger partial charge in [-0.15, -0.1) is 11.3 Å². The van der Waals surface area contributed by atoms with Crippen LogP contribution in [0, 0.1) is 41.4 Å². The largest absolute Gasteiger partial charge is 0.445 e. The second-order valence-electron chi connectivity index (χ2n) is 26.4. The minimum Gasteiger partial charge on any atom is -0.445 e. The number of nitrogens with two attached hydrogens (primary N) is 2. The standard InChI is InChI=1S/C70H107N9O13S/c1-14-45(6)62(58(90-12)41-60(84)79-34-21-26-55(79)63(91-13)47(8)56(81)39-52(66-73-33-35-93-66)37-48-22-16-15-17-23-48)78(11)67(87)54(43(2)3)40-59(83)70(9,10)77-69(89)92-42-49-27-29-53(30-28-49)75-64(85)51(25-20-32-74-68(72)88)38-57(82)61(44(4)5)76-65(86)50(36-46(7)80)24-18-19-31-71/h15-17,22-23,27-30,33,35,43-45,47,50-52,54-55,58,61-63H,14,18-21,24-26,31-32,34,36-42,71H2,1-13H3,(H,75,85)(H,76,86)(H,77,89)(H3,72,74,88)/t45-,47-,50+,51+,52+,54-,55-,58+,61-,62-,63+/m0/s1. The van der Waals surface area contributed by atoms with Crippen LogP contribution in [0.25, 0.3) is 0 Å². The number of rotatable bonds is 42. The summed E-state index contributed by atoms with van der Waals surface area (Å²) in [5.41, 5.74) is 11.5. The normalized spacial score (nSPS) is 16.6. The SMILES string of the molecule is CC[C@H](C)[C@@H]([C@@H](CC(=O)N1CCC[C@H]1[C@H](OC)[C@@H](C)C(=O)C[C@@H](Cc1ccccc1)c1nccs1)OC)N(C)C(=O)[C@@H](CC(=O)C(C)(C)NC(=O)OCc1ccc(NC(=O)[C@H](CCCNC(N)=O)CC(=O)[C@@H](NC(=O)[C@H](CCCCN)CC(C)=O)C(C)C)cc1)C(C)C. The van der Waals surface area contributed by atoms with Crippen molar-refractivity contribution < 1.29 is 62.2 Å². The van der Waals surface area contributed by atoms with Gasteiger partial charge in [0, 0.05) is 107 Å². The van der Waals surface area contributed by atoms with Crippen LogP contribution in [0.15, 0.2) is 66.2 Å². The average molecular weight is 1310 g/mol. The molecule has 0 bridgehead atoms. The van der Waals surface area contributed by atoms with Gasteiger partial charge in [0.2, 0.25) is 23.6 Å². The molecule has 0 spiro atoms. The van der Waals surface area contributed by atoms with Gasteiger partial charge < -0.3 is 61.5 Å². The first-order valence-corrected chi connectivity index (χ1v) is 34.0. The maximum absolute atomic E-state index is 14.8. The van der Waals surface area contributed by atoms with E-state index in [2.05, 4.69) is 38.4 Å². The van der Waals surface area contributed by atoms with Crippen LogP contribution in [0.5, 0.6) is 0 Å². The third kappa shape index (κ3) is 24.7. The van der Waals surface area contributed by atoms with E-state index in [1.807, 2.05) is 63.1 Å². The summed E-state index contributed by atoms with van der Waals surface area (Å²) in [4.78, 5) is 144. The Balaban J connectivity index is 1.38. The highest BCUT2D eigenvalue weighted by Gasteiger charge is 2.44. The summed E-state index contributed by atoms with van der Waals surface area (Å²) < 4.78 is 17.8. The number of ether oxygens (including phenoxy) is 3. The number of thiazole rings is 1. The third-order valence-corrected chi connectivity index (χ3v) is 19.2. The number of urea groups is 1. The number of likely N-dealkylation sites (tertiary alicyclic amines) is 1. The number of amides is 7. The highest BCUT2D eigenvalue weighted by Crippen LogP contribution is 2.34. The highest BCUT2D eigenvalue weighted by atomic mass is 32.1. The van der Waals surface area contributed by atoms with E-state index in [9.17, 15) is 47.9 Å². The lowest BCUT2D eigenvalue weighted by atomic mass is 9.83. The molecule has 4 rings (SSSR count). The number of Topliss-reactive ketones (excluding diaryl/α,β-unsaturated/α-hetero) is 4. The molecule has 22 nitrogen and oxygen atoms in total. The van der Waals surface area contributed by atoms with Gasteiger partial charge in [-0.25, -0.2) is 14.6 Å². The highest BCUT2D eigenvalue weighted by molar-refractivity contribution is 7.09. The quantitative estimate of drug-likeness (QED) is 0.0288. The van der Waals surface area contributed by atoms with E-state index in [0.29, 0.717) is 69.3 Å². The van der Waals surface area contributed by atoms with Gasteiger partial charge >= 0.3 is 12.1 Å². The van der Waals surface area contributed by atoms with Crippen molar-refractivity contribution >= 4 is 75.9 Å². The minimum atomic E-state index is -1.47. The molecule has 2 heterocycles. The van der Waals surface area contributed by atoms with Crippen molar-refractivity contribution in [1.29, 1.82) is 0 Å². The number of aromatic nitrogens is 1. The van der Waals surface area contributed by atoms with E-state index >= 15 is 0 Å².